The van der Waals surface area contributed by atoms with Gasteiger partial charge in [0.15, 0.2) is 5.96 Å². The lowest BCUT2D eigenvalue weighted by Gasteiger charge is -2.23. The molecule has 1 aromatic rings. The molecule has 0 spiro atoms. The molecule has 0 radical (unpaired) electrons. The van der Waals surface area contributed by atoms with Gasteiger partial charge in [-0.2, -0.15) is 0 Å². The third kappa shape index (κ3) is 11.2. The van der Waals surface area contributed by atoms with Crippen molar-refractivity contribution in [1.82, 2.24) is 16.0 Å². The number of hydrogen-bond donors (Lipinski definition) is 9. The van der Waals surface area contributed by atoms with E-state index in [9.17, 15) is 19.5 Å². The number of nitrogens with one attached hydrogen (secondary N) is 4. The maximum Gasteiger partial charge on any atom is 0.243 e. The lowest BCUT2D eigenvalue weighted by Crippen LogP contribution is -2.56. The van der Waals surface area contributed by atoms with Crippen molar-refractivity contribution in [2.45, 2.75) is 56.7 Å². The predicted molar refractivity (Wildman–Crippen MR) is 125 cm³/mol. The number of phenolic OH excluding ortho intramolecular Hbond substituents is 1. The van der Waals surface area contributed by atoms with Gasteiger partial charge in [0.25, 0.3) is 0 Å². The number of primary amides is 1. The standard InChI is InChI=1S/C21H36N8O4/c22-10-2-1-5-16(18(24)31)28-20(33)17(12-13-6-8-14(30)9-7-13)29-19(32)15(23)4-3-11-27-21(25)26/h6-9,15-17,30H,1-5,10-12,22-23H2,(H2,24,31)(H,28,33)(H,29,32)(H4,25,26,27)/t15-,16-,17-/m0/s1. The van der Waals surface area contributed by atoms with Crippen LogP contribution in [0.2, 0.25) is 0 Å². The second kappa shape index (κ2) is 14.6. The Labute approximate surface area is 193 Å². The summed E-state index contributed by atoms with van der Waals surface area (Å²) in [7, 11) is 0. The fourth-order valence-electron chi connectivity index (χ4n) is 3.08. The second-order valence-electron chi connectivity index (χ2n) is 7.77. The molecule has 12 nitrogen and oxygen atoms in total. The maximum atomic E-state index is 13.0. The first-order valence-corrected chi connectivity index (χ1v) is 10.9. The van der Waals surface area contributed by atoms with E-state index in [1.54, 1.807) is 12.1 Å². The number of benzene rings is 1. The number of nitrogens with two attached hydrogens (primary N) is 4. The number of phenols is 1. The minimum absolute atomic E-state index is 0.0682. The fraction of sp³-hybridized carbons (Fsp3) is 0.524. The molecule has 13 N–H and O–H groups in total. The monoisotopic (exact) mass is 464 g/mol. The van der Waals surface area contributed by atoms with Crippen LogP contribution < -0.4 is 38.9 Å². The van der Waals surface area contributed by atoms with Crippen LogP contribution >= 0.6 is 0 Å². The van der Waals surface area contributed by atoms with Crippen LogP contribution in [0.3, 0.4) is 0 Å². The normalized spacial score (nSPS) is 13.4. The van der Waals surface area contributed by atoms with Gasteiger partial charge < -0.3 is 44.0 Å². The summed E-state index contributed by atoms with van der Waals surface area (Å²) in [5, 5.41) is 24.5. The molecule has 12 heteroatoms. The molecule has 3 atom stereocenters. The Morgan fingerprint density at radius 2 is 1.58 bits per heavy atom. The summed E-state index contributed by atoms with van der Waals surface area (Å²) in [6.45, 7) is 0.843. The molecule has 0 aliphatic heterocycles. The van der Waals surface area contributed by atoms with Crippen molar-refractivity contribution in [2.75, 3.05) is 13.1 Å². The van der Waals surface area contributed by atoms with Crippen molar-refractivity contribution >= 4 is 23.7 Å². The smallest absolute Gasteiger partial charge is 0.243 e. The average Bonchev–Trinajstić information content (AvgIpc) is 2.76. The molecule has 0 bridgehead atoms. The summed E-state index contributed by atoms with van der Waals surface area (Å²) in [5.74, 6) is -1.88. The van der Waals surface area contributed by atoms with Crippen LogP contribution in [-0.4, -0.2) is 60.0 Å². The fourth-order valence-corrected chi connectivity index (χ4v) is 3.08. The van der Waals surface area contributed by atoms with E-state index in [1.807, 2.05) is 0 Å². The molecular formula is C21H36N8O4. The molecule has 0 saturated carbocycles. The van der Waals surface area contributed by atoms with Gasteiger partial charge in [0, 0.05) is 13.0 Å². The molecule has 1 aromatic carbocycles. The van der Waals surface area contributed by atoms with Crippen molar-refractivity contribution in [3.63, 3.8) is 0 Å². The number of rotatable bonds is 15. The van der Waals surface area contributed by atoms with Crippen LogP contribution in [0.5, 0.6) is 5.75 Å². The Morgan fingerprint density at radius 3 is 2.15 bits per heavy atom. The Bertz CT molecular complexity index is 787. The summed E-state index contributed by atoms with van der Waals surface area (Å²) < 4.78 is 0. The van der Waals surface area contributed by atoms with E-state index in [-0.39, 0.29) is 18.1 Å². The van der Waals surface area contributed by atoms with Crippen molar-refractivity contribution in [2.24, 2.45) is 22.9 Å². The lowest BCUT2D eigenvalue weighted by atomic mass is 10.0. The quantitative estimate of drug-likeness (QED) is 0.0806. The number of hydrogen-bond acceptors (Lipinski definition) is 7. The molecule has 1 rings (SSSR count). The van der Waals surface area contributed by atoms with E-state index in [2.05, 4.69) is 16.0 Å². The molecule has 0 saturated heterocycles. The number of guanidine groups is 1. The summed E-state index contributed by atoms with van der Waals surface area (Å²) >= 11 is 0. The van der Waals surface area contributed by atoms with Crippen molar-refractivity contribution in [3.05, 3.63) is 29.8 Å². The molecule has 3 amide bonds. The topological polar surface area (TPSA) is 235 Å². The molecule has 0 unspecified atom stereocenters. The first-order valence-electron chi connectivity index (χ1n) is 10.9. The van der Waals surface area contributed by atoms with Crippen LogP contribution in [0.15, 0.2) is 24.3 Å². The molecule has 0 fully saturated rings. The Balaban J connectivity index is 2.85. The summed E-state index contributed by atoms with van der Waals surface area (Å²) in [4.78, 5) is 37.4. The van der Waals surface area contributed by atoms with Gasteiger partial charge in [-0.3, -0.25) is 19.8 Å². The van der Waals surface area contributed by atoms with E-state index in [1.165, 1.54) is 12.1 Å². The maximum absolute atomic E-state index is 13.0. The third-order valence-corrected chi connectivity index (χ3v) is 4.96. The van der Waals surface area contributed by atoms with E-state index in [4.69, 9.17) is 28.3 Å². The summed E-state index contributed by atoms with van der Waals surface area (Å²) in [6.07, 6.45) is 2.54. The zero-order valence-corrected chi connectivity index (χ0v) is 18.7. The number of carbonyl (C=O) groups excluding carboxylic acids is 3. The lowest BCUT2D eigenvalue weighted by molar-refractivity contribution is -0.131. The SMILES string of the molecule is N=C(N)NCCC[C@H](N)C(=O)N[C@@H](Cc1ccc(O)cc1)C(=O)N[C@@H](CCCCN)C(N)=O. The molecule has 0 aliphatic rings. The van der Waals surface area contributed by atoms with Gasteiger partial charge in [-0.15, -0.1) is 0 Å². The third-order valence-electron chi connectivity index (χ3n) is 4.96. The van der Waals surface area contributed by atoms with Crippen molar-refractivity contribution in [1.29, 1.82) is 5.41 Å². The minimum Gasteiger partial charge on any atom is -0.508 e. The second-order valence-corrected chi connectivity index (χ2v) is 7.77. The van der Waals surface area contributed by atoms with Crippen molar-refractivity contribution < 1.29 is 19.5 Å². The van der Waals surface area contributed by atoms with E-state index in [0.29, 0.717) is 50.8 Å². The van der Waals surface area contributed by atoms with Crippen molar-refractivity contribution in [3.8, 4) is 5.75 Å². The van der Waals surface area contributed by atoms with Crippen LogP contribution in [-0.2, 0) is 20.8 Å². The Morgan fingerprint density at radius 1 is 0.939 bits per heavy atom. The molecule has 0 heterocycles. The first-order chi connectivity index (χ1) is 15.6. The van der Waals surface area contributed by atoms with Crippen LogP contribution in [0.25, 0.3) is 0 Å². The first kappa shape index (κ1) is 27.7. The molecular weight excluding hydrogens is 428 g/mol. The predicted octanol–water partition coefficient (Wildman–Crippen LogP) is -1.89. The number of carbonyl (C=O) groups is 3. The van der Waals surface area contributed by atoms with Gasteiger partial charge in [-0.25, -0.2) is 0 Å². The van der Waals surface area contributed by atoms with E-state index < -0.39 is 35.8 Å². The Kier molecular flexibility index (Phi) is 12.3. The average molecular weight is 465 g/mol. The highest BCUT2D eigenvalue weighted by Crippen LogP contribution is 2.12. The highest BCUT2D eigenvalue weighted by atomic mass is 16.3. The molecule has 0 aliphatic carbocycles. The van der Waals surface area contributed by atoms with Crippen LogP contribution in [0.4, 0.5) is 0 Å². The largest absolute Gasteiger partial charge is 0.508 e. The van der Waals surface area contributed by atoms with Crippen LogP contribution in [0, 0.1) is 5.41 Å². The van der Waals surface area contributed by atoms with E-state index >= 15 is 0 Å². The van der Waals surface area contributed by atoms with Gasteiger partial charge in [-0.05, 0) is 56.3 Å². The Hall–Kier alpha value is -3.38. The highest BCUT2D eigenvalue weighted by Gasteiger charge is 2.27. The number of aromatic hydroxyl groups is 1. The highest BCUT2D eigenvalue weighted by molar-refractivity contribution is 5.92. The van der Waals surface area contributed by atoms with Gasteiger partial charge in [0.2, 0.25) is 17.7 Å². The molecule has 0 aromatic heterocycles. The van der Waals surface area contributed by atoms with Gasteiger partial charge >= 0.3 is 0 Å². The molecule has 184 valence electrons. The minimum atomic E-state index is -1.01. The number of unbranched alkanes of at least 4 members (excludes halogenated alkanes) is 1. The molecule has 33 heavy (non-hydrogen) atoms. The summed E-state index contributed by atoms with van der Waals surface area (Å²) in [5.41, 5.74) is 22.8. The zero-order chi connectivity index (χ0) is 24.8. The number of amides is 3. The van der Waals surface area contributed by atoms with Gasteiger partial charge in [0.1, 0.15) is 17.8 Å². The zero-order valence-electron chi connectivity index (χ0n) is 18.7. The van der Waals surface area contributed by atoms with Gasteiger partial charge in [-0.1, -0.05) is 12.1 Å². The van der Waals surface area contributed by atoms with Gasteiger partial charge in [0.05, 0.1) is 6.04 Å². The summed E-state index contributed by atoms with van der Waals surface area (Å²) in [6, 6.07) is 3.40. The van der Waals surface area contributed by atoms with Crippen LogP contribution in [0.1, 0.15) is 37.7 Å². The van der Waals surface area contributed by atoms with E-state index in [0.717, 1.165) is 0 Å².